The van der Waals surface area contributed by atoms with Gasteiger partial charge in [-0.2, -0.15) is 10.4 Å². The predicted molar refractivity (Wildman–Crippen MR) is 98.4 cm³/mol. The number of hydrogen-bond acceptors (Lipinski definition) is 4. The minimum absolute atomic E-state index is 0.187. The molecular weight excluding hydrogens is 334 g/mol. The molecule has 1 unspecified atom stereocenters. The Morgan fingerprint density at radius 1 is 1.20 bits per heavy atom. The molecule has 1 aromatic carbocycles. The molecule has 0 aliphatic carbocycles. The number of aromatic amines is 1. The molecule has 3 heterocycles. The van der Waals surface area contributed by atoms with Crippen LogP contribution >= 0.6 is 11.6 Å². The molecule has 1 atom stereocenters. The van der Waals surface area contributed by atoms with Gasteiger partial charge in [-0.1, -0.05) is 36.2 Å². The van der Waals surface area contributed by atoms with Gasteiger partial charge in [-0.25, -0.2) is 0 Å². The van der Waals surface area contributed by atoms with E-state index in [1.54, 1.807) is 6.20 Å². The molecule has 25 heavy (non-hydrogen) atoms. The van der Waals surface area contributed by atoms with Crippen LogP contribution in [0.5, 0.6) is 0 Å². The van der Waals surface area contributed by atoms with Crippen molar-refractivity contribution in [2.24, 2.45) is 0 Å². The van der Waals surface area contributed by atoms with Crippen LogP contribution in [0, 0.1) is 11.3 Å². The van der Waals surface area contributed by atoms with E-state index in [1.807, 2.05) is 24.3 Å². The molecule has 0 bridgehead atoms. The molecule has 5 nitrogen and oxygen atoms in total. The van der Waals surface area contributed by atoms with E-state index in [2.05, 4.69) is 26.5 Å². The zero-order chi connectivity index (χ0) is 17.2. The van der Waals surface area contributed by atoms with Crippen molar-refractivity contribution in [1.82, 2.24) is 15.1 Å². The first-order valence-electron chi connectivity index (χ1n) is 8.68. The number of halogens is 1. The molecular formula is C19H20ClN5. The number of allylic oxidation sites excluding steroid dienone is 1. The van der Waals surface area contributed by atoms with Crippen molar-refractivity contribution in [1.29, 1.82) is 5.26 Å². The van der Waals surface area contributed by atoms with E-state index in [9.17, 15) is 5.26 Å². The molecule has 1 aromatic heterocycles. The smallest absolute Gasteiger partial charge is 0.129 e. The fourth-order valence-corrected chi connectivity index (χ4v) is 4.04. The molecule has 128 valence electrons. The third-order valence-electron chi connectivity index (χ3n) is 5.04. The maximum atomic E-state index is 9.94. The van der Waals surface area contributed by atoms with Gasteiger partial charge in [0.1, 0.15) is 5.82 Å². The van der Waals surface area contributed by atoms with Gasteiger partial charge in [-0.3, -0.25) is 10.00 Å². The van der Waals surface area contributed by atoms with Crippen molar-refractivity contribution in [3.8, 4) is 6.07 Å². The third kappa shape index (κ3) is 3.04. The molecule has 2 aliphatic rings. The predicted octanol–water partition coefficient (Wildman–Crippen LogP) is 3.88. The van der Waals surface area contributed by atoms with E-state index in [4.69, 9.17) is 11.6 Å². The topological polar surface area (TPSA) is 67.7 Å². The summed E-state index contributed by atoms with van der Waals surface area (Å²) in [6.07, 6.45) is 5.52. The molecule has 0 saturated carbocycles. The molecule has 2 aliphatic heterocycles. The van der Waals surface area contributed by atoms with Gasteiger partial charge in [0, 0.05) is 22.8 Å². The largest absolute Gasteiger partial charge is 0.342 e. The summed E-state index contributed by atoms with van der Waals surface area (Å²) in [5, 5.41) is 21.2. The number of fused-ring (bicyclic) bond motifs is 1. The fourth-order valence-electron chi connectivity index (χ4n) is 3.79. The number of nitrogens with zero attached hydrogens (tertiary/aromatic N) is 3. The second kappa shape index (κ2) is 6.91. The third-order valence-corrected chi connectivity index (χ3v) is 5.38. The maximum absolute atomic E-state index is 9.94. The van der Waals surface area contributed by atoms with E-state index < -0.39 is 0 Å². The van der Waals surface area contributed by atoms with Crippen LogP contribution in [-0.4, -0.2) is 34.7 Å². The minimum atomic E-state index is -0.187. The number of hydrogen-bond donors (Lipinski definition) is 2. The van der Waals surface area contributed by atoms with Gasteiger partial charge in [-0.15, -0.1) is 0 Å². The van der Waals surface area contributed by atoms with E-state index >= 15 is 0 Å². The Labute approximate surface area is 152 Å². The maximum Gasteiger partial charge on any atom is 0.129 e. The zero-order valence-corrected chi connectivity index (χ0v) is 14.7. The highest BCUT2D eigenvalue weighted by molar-refractivity contribution is 6.31. The molecule has 2 N–H and O–H groups in total. The molecule has 1 saturated heterocycles. The Kier molecular flexibility index (Phi) is 4.48. The lowest BCUT2D eigenvalue weighted by atomic mass is 9.83. The number of likely N-dealkylation sites (tertiary alicyclic amines) is 1. The normalized spacial score (nSPS) is 20.7. The van der Waals surface area contributed by atoms with Crippen molar-refractivity contribution in [2.75, 3.05) is 25.0 Å². The summed E-state index contributed by atoms with van der Waals surface area (Å²) in [5.74, 6) is 0.671. The van der Waals surface area contributed by atoms with E-state index in [-0.39, 0.29) is 5.92 Å². The fraction of sp³-hybridized carbons (Fsp3) is 0.368. The lowest BCUT2D eigenvalue weighted by Crippen LogP contribution is -2.34. The van der Waals surface area contributed by atoms with Gasteiger partial charge in [0.2, 0.25) is 0 Å². The number of anilines is 1. The molecule has 0 amide bonds. The van der Waals surface area contributed by atoms with Crippen molar-refractivity contribution in [3.63, 3.8) is 0 Å². The van der Waals surface area contributed by atoms with E-state index in [0.717, 1.165) is 47.8 Å². The highest BCUT2D eigenvalue weighted by Crippen LogP contribution is 2.42. The Morgan fingerprint density at radius 2 is 2.00 bits per heavy atom. The van der Waals surface area contributed by atoms with E-state index in [0.29, 0.717) is 5.02 Å². The number of aromatic nitrogens is 2. The van der Waals surface area contributed by atoms with Crippen LogP contribution in [0.3, 0.4) is 0 Å². The van der Waals surface area contributed by atoms with Gasteiger partial charge >= 0.3 is 0 Å². The van der Waals surface area contributed by atoms with Gasteiger partial charge in [-0.05, 0) is 37.6 Å². The summed E-state index contributed by atoms with van der Waals surface area (Å²) in [6.45, 7) is 2.91. The standard InChI is InChI=1S/C19H20ClN5/c20-16-7-3-2-6-13(16)18-14(10-21)17(12-25-8-4-1-5-9-25)23-19-15(18)11-22-24-19/h2-3,6-7,11,18H,1,4-5,8-9,12H2,(H2,22,23,24). The average Bonchev–Trinajstić information content (AvgIpc) is 3.10. The monoisotopic (exact) mass is 353 g/mol. The lowest BCUT2D eigenvalue weighted by molar-refractivity contribution is 0.246. The molecule has 6 heteroatoms. The number of nitriles is 1. The SMILES string of the molecule is N#CC1=C(CN2CCCCC2)Nc2[nH]ncc2C1c1ccccc1Cl. The van der Waals surface area contributed by atoms with Crippen LogP contribution in [0.15, 0.2) is 41.7 Å². The molecule has 4 rings (SSSR count). The number of nitrogens with one attached hydrogen (secondary N) is 2. The minimum Gasteiger partial charge on any atom is -0.342 e. The second-order valence-electron chi connectivity index (χ2n) is 6.62. The second-order valence-corrected chi connectivity index (χ2v) is 7.03. The summed E-state index contributed by atoms with van der Waals surface area (Å²) in [6, 6.07) is 10.2. The van der Waals surface area contributed by atoms with Crippen molar-refractivity contribution in [3.05, 3.63) is 57.9 Å². The average molecular weight is 354 g/mol. The van der Waals surface area contributed by atoms with Gasteiger partial charge in [0.15, 0.2) is 0 Å². The first kappa shape index (κ1) is 16.2. The first-order valence-corrected chi connectivity index (χ1v) is 9.06. The molecule has 0 spiro atoms. The summed E-state index contributed by atoms with van der Waals surface area (Å²) in [5.41, 5.74) is 3.59. The number of rotatable bonds is 3. The van der Waals surface area contributed by atoms with Crippen molar-refractivity contribution >= 4 is 17.4 Å². The summed E-state index contributed by atoms with van der Waals surface area (Å²) < 4.78 is 0. The molecule has 0 radical (unpaired) electrons. The van der Waals surface area contributed by atoms with Crippen LogP contribution in [0.2, 0.25) is 5.02 Å². The first-order chi connectivity index (χ1) is 12.3. The van der Waals surface area contributed by atoms with Crippen molar-refractivity contribution < 1.29 is 0 Å². The van der Waals surface area contributed by atoms with Gasteiger partial charge < -0.3 is 5.32 Å². The van der Waals surface area contributed by atoms with Gasteiger partial charge in [0.05, 0.1) is 23.8 Å². The summed E-state index contributed by atoms with van der Waals surface area (Å²) in [4.78, 5) is 2.41. The Bertz CT molecular complexity index is 841. The van der Waals surface area contributed by atoms with Crippen LogP contribution in [0.4, 0.5) is 5.82 Å². The highest BCUT2D eigenvalue weighted by Gasteiger charge is 2.32. The quantitative estimate of drug-likeness (QED) is 0.878. The van der Waals surface area contributed by atoms with Crippen molar-refractivity contribution in [2.45, 2.75) is 25.2 Å². The number of H-pyrrole nitrogens is 1. The number of benzene rings is 1. The highest BCUT2D eigenvalue weighted by atomic mass is 35.5. The Morgan fingerprint density at radius 3 is 2.76 bits per heavy atom. The molecule has 2 aromatic rings. The van der Waals surface area contributed by atoms with E-state index in [1.165, 1.54) is 19.3 Å². The molecule has 1 fully saturated rings. The van der Waals surface area contributed by atoms with Crippen LogP contribution in [-0.2, 0) is 0 Å². The van der Waals surface area contributed by atoms with Crippen LogP contribution < -0.4 is 5.32 Å². The van der Waals surface area contributed by atoms with Crippen LogP contribution in [0.25, 0.3) is 0 Å². The summed E-state index contributed by atoms with van der Waals surface area (Å²) >= 11 is 6.46. The Hall–Kier alpha value is -2.29. The van der Waals surface area contributed by atoms with Gasteiger partial charge in [0.25, 0.3) is 0 Å². The zero-order valence-electron chi connectivity index (χ0n) is 13.9. The Balaban J connectivity index is 1.77. The summed E-state index contributed by atoms with van der Waals surface area (Å²) in [7, 11) is 0. The van der Waals surface area contributed by atoms with Crippen LogP contribution in [0.1, 0.15) is 36.3 Å². The lowest BCUT2D eigenvalue weighted by Gasteiger charge is -2.32. The number of piperidine rings is 1.